The number of sulfonamides is 1. The van der Waals surface area contributed by atoms with E-state index in [0.717, 1.165) is 0 Å². The lowest BCUT2D eigenvalue weighted by molar-refractivity contribution is -0.142. The minimum absolute atomic E-state index is 0.183. The van der Waals surface area contributed by atoms with Crippen molar-refractivity contribution in [1.82, 2.24) is 9.21 Å². The van der Waals surface area contributed by atoms with Crippen molar-refractivity contribution in [3.05, 3.63) is 24.3 Å². The van der Waals surface area contributed by atoms with E-state index >= 15 is 0 Å². The molecule has 21 heavy (non-hydrogen) atoms. The first-order valence-corrected chi connectivity index (χ1v) is 8.02. The Morgan fingerprint density at radius 3 is 2.52 bits per heavy atom. The summed E-state index contributed by atoms with van der Waals surface area (Å²) in [7, 11) is -2.20. The second kappa shape index (κ2) is 6.42. The van der Waals surface area contributed by atoms with Crippen molar-refractivity contribution in [3.63, 3.8) is 0 Å². The quantitative estimate of drug-likeness (QED) is 0.608. The molecule has 1 saturated heterocycles. The molecular weight excluding hydrogens is 294 g/mol. The Bertz CT molecular complexity index is 610. The predicted molar refractivity (Wildman–Crippen MR) is 78.1 cm³/mol. The van der Waals surface area contributed by atoms with E-state index in [4.69, 9.17) is 5.73 Å². The highest BCUT2D eigenvalue weighted by molar-refractivity contribution is 7.89. The number of esters is 1. The van der Waals surface area contributed by atoms with E-state index in [1.54, 1.807) is 12.1 Å². The molecule has 0 aliphatic carbocycles. The summed E-state index contributed by atoms with van der Waals surface area (Å²) in [5.74, 6) is -0.317. The van der Waals surface area contributed by atoms with Gasteiger partial charge in [0.25, 0.3) is 0 Å². The fourth-order valence-corrected chi connectivity index (χ4v) is 3.68. The summed E-state index contributed by atoms with van der Waals surface area (Å²) in [6, 6.07) is 6.26. The van der Waals surface area contributed by atoms with E-state index < -0.39 is 10.0 Å². The molecule has 0 spiro atoms. The molecule has 7 nitrogen and oxygen atoms in total. The minimum atomic E-state index is -3.53. The lowest BCUT2D eigenvalue weighted by atomic mass is 10.3. The first-order valence-electron chi connectivity index (χ1n) is 6.58. The molecule has 0 atom stereocenters. The summed E-state index contributed by atoms with van der Waals surface area (Å²) in [6.07, 6.45) is 0. The monoisotopic (exact) mass is 313 g/mol. The standard InChI is InChI=1S/C13H19N3O4S/c1-20-13(17)10-15-5-7-16(8-6-15)21(18,19)12-4-2-3-11(14)9-12/h2-4,9H,5-8,10,14H2,1H3. The van der Waals surface area contributed by atoms with E-state index in [1.807, 2.05) is 4.90 Å². The van der Waals surface area contributed by atoms with Crippen LogP contribution in [0.5, 0.6) is 0 Å². The number of ether oxygens (including phenoxy) is 1. The van der Waals surface area contributed by atoms with Crippen molar-refractivity contribution in [2.24, 2.45) is 0 Å². The second-order valence-electron chi connectivity index (χ2n) is 4.83. The van der Waals surface area contributed by atoms with Crippen molar-refractivity contribution in [2.45, 2.75) is 4.90 Å². The van der Waals surface area contributed by atoms with Gasteiger partial charge in [-0.3, -0.25) is 9.69 Å². The van der Waals surface area contributed by atoms with Gasteiger partial charge in [-0.05, 0) is 18.2 Å². The van der Waals surface area contributed by atoms with Gasteiger partial charge in [-0.2, -0.15) is 4.31 Å². The maximum absolute atomic E-state index is 12.5. The van der Waals surface area contributed by atoms with E-state index in [0.29, 0.717) is 31.9 Å². The summed E-state index contributed by atoms with van der Waals surface area (Å²) >= 11 is 0. The molecule has 8 heteroatoms. The van der Waals surface area contributed by atoms with Gasteiger partial charge in [-0.25, -0.2) is 8.42 Å². The van der Waals surface area contributed by atoms with Crippen LogP contribution in [0.4, 0.5) is 5.69 Å². The Morgan fingerprint density at radius 1 is 1.29 bits per heavy atom. The number of nitrogen functional groups attached to an aromatic ring is 1. The number of piperazine rings is 1. The van der Waals surface area contributed by atoms with E-state index in [-0.39, 0.29) is 17.4 Å². The third-order valence-corrected chi connectivity index (χ3v) is 5.30. The molecule has 1 aromatic carbocycles. The normalized spacial score (nSPS) is 17.6. The van der Waals surface area contributed by atoms with Crippen LogP contribution in [0.25, 0.3) is 0 Å². The molecule has 0 radical (unpaired) electrons. The van der Waals surface area contributed by atoms with Gasteiger partial charge in [0.1, 0.15) is 0 Å². The van der Waals surface area contributed by atoms with Crippen LogP contribution in [0.15, 0.2) is 29.2 Å². The smallest absolute Gasteiger partial charge is 0.319 e. The number of hydrogen-bond acceptors (Lipinski definition) is 6. The zero-order valence-electron chi connectivity index (χ0n) is 11.9. The van der Waals surface area contributed by atoms with Gasteiger partial charge >= 0.3 is 5.97 Å². The third kappa shape index (κ3) is 3.72. The van der Waals surface area contributed by atoms with Crippen LogP contribution in [-0.2, 0) is 19.6 Å². The minimum Gasteiger partial charge on any atom is -0.468 e. The maximum Gasteiger partial charge on any atom is 0.319 e. The lowest BCUT2D eigenvalue weighted by Crippen LogP contribution is -2.49. The van der Waals surface area contributed by atoms with Crippen LogP contribution in [0.2, 0.25) is 0 Å². The number of anilines is 1. The summed E-state index contributed by atoms with van der Waals surface area (Å²) in [5.41, 5.74) is 6.05. The van der Waals surface area contributed by atoms with Crippen LogP contribution in [0, 0.1) is 0 Å². The molecule has 2 rings (SSSR count). The van der Waals surface area contributed by atoms with Crippen LogP contribution in [-0.4, -0.2) is 63.4 Å². The largest absolute Gasteiger partial charge is 0.468 e. The van der Waals surface area contributed by atoms with Gasteiger partial charge in [0.15, 0.2) is 0 Å². The summed E-state index contributed by atoms with van der Waals surface area (Å²) < 4.78 is 31.0. The predicted octanol–water partition coefficient (Wildman–Crippen LogP) is -0.252. The Morgan fingerprint density at radius 2 is 1.95 bits per heavy atom. The topological polar surface area (TPSA) is 92.9 Å². The number of nitrogens with zero attached hydrogens (tertiary/aromatic N) is 2. The summed E-state index contributed by atoms with van der Waals surface area (Å²) in [4.78, 5) is 13.3. The molecule has 1 aliphatic rings. The maximum atomic E-state index is 12.5. The fourth-order valence-electron chi connectivity index (χ4n) is 2.20. The Kier molecular flexibility index (Phi) is 4.81. The number of benzene rings is 1. The van der Waals surface area contributed by atoms with Gasteiger partial charge in [0.05, 0.1) is 18.6 Å². The van der Waals surface area contributed by atoms with Crippen molar-refractivity contribution < 1.29 is 17.9 Å². The average molecular weight is 313 g/mol. The zero-order valence-corrected chi connectivity index (χ0v) is 12.7. The van der Waals surface area contributed by atoms with E-state index in [1.165, 1.54) is 23.5 Å². The molecule has 0 unspecified atom stereocenters. The number of methoxy groups -OCH3 is 1. The molecule has 0 amide bonds. The van der Waals surface area contributed by atoms with Gasteiger partial charge in [-0.15, -0.1) is 0 Å². The number of hydrogen-bond donors (Lipinski definition) is 1. The molecule has 0 bridgehead atoms. The van der Waals surface area contributed by atoms with Crippen molar-refractivity contribution >= 4 is 21.7 Å². The number of rotatable bonds is 4. The number of nitrogens with two attached hydrogens (primary N) is 1. The third-order valence-electron chi connectivity index (χ3n) is 3.41. The Labute approximate surface area is 124 Å². The molecule has 1 aliphatic heterocycles. The van der Waals surface area contributed by atoms with Crippen LogP contribution in [0.3, 0.4) is 0 Å². The molecular formula is C13H19N3O4S. The molecule has 116 valence electrons. The van der Waals surface area contributed by atoms with E-state index in [9.17, 15) is 13.2 Å². The second-order valence-corrected chi connectivity index (χ2v) is 6.77. The number of carbonyl (C=O) groups is 1. The first kappa shape index (κ1) is 15.7. The van der Waals surface area contributed by atoms with Crippen LogP contribution in [0.1, 0.15) is 0 Å². The SMILES string of the molecule is COC(=O)CN1CCN(S(=O)(=O)c2cccc(N)c2)CC1. The van der Waals surface area contributed by atoms with Gasteiger partial charge in [-0.1, -0.05) is 6.07 Å². The first-order chi connectivity index (χ1) is 9.93. The van der Waals surface area contributed by atoms with Gasteiger partial charge in [0, 0.05) is 31.9 Å². The van der Waals surface area contributed by atoms with E-state index in [2.05, 4.69) is 4.74 Å². The highest BCUT2D eigenvalue weighted by Gasteiger charge is 2.29. The van der Waals surface area contributed by atoms with Crippen molar-refractivity contribution in [2.75, 3.05) is 45.6 Å². The zero-order chi connectivity index (χ0) is 15.5. The average Bonchev–Trinajstić information content (AvgIpc) is 2.47. The molecule has 0 saturated carbocycles. The lowest BCUT2D eigenvalue weighted by Gasteiger charge is -2.33. The molecule has 1 fully saturated rings. The highest BCUT2D eigenvalue weighted by Crippen LogP contribution is 2.19. The fraction of sp³-hybridized carbons (Fsp3) is 0.462. The molecule has 1 heterocycles. The van der Waals surface area contributed by atoms with Gasteiger partial charge < -0.3 is 10.5 Å². The molecule has 2 N–H and O–H groups in total. The van der Waals surface area contributed by atoms with Gasteiger partial charge in [0.2, 0.25) is 10.0 Å². The van der Waals surface area contributed by atoms with Crippen molar-refractivity contribution in [3.8, 4) is 0 Å². The van der Waals surface area contributed by atoms with Crippen LogP contribution < -0.4 is 5.73 Å². The summed E-state index contributed by atoms with van der Waals surface area (Å²) in [6.45, 7) is 1.86. The molecule has 0 aromatic heterocycles. The van der Waals surface area contributed by atoms with Crippen molar-refractivity contribution in [1.29, 1.82) is 0 Å². The highest BCUT2D eigenvalue weighted by atomic mass is 32.2. The molecule has 1 aromatic rings. The summed E-state index contributed by atoms with van der Waals surface area (Å²) in [5, 5.41) is 0. The van der Waals surface area contributed by atoms with Crippen LogP contribution >= 0.6 is 0 Å². The number of carbonyl (C=O) groups excluding carboxylic acids is 1. The Balaban J connectivity index is 2.03. The Hall–Kier alpha value is -1.64.